The second kappa shape index (κ2) is 4.44. The summed E-state index contributed by atoms with van der Waals surface area (Å²) in [6, 6.07) is 5.37. The second-order valence-corrected chi connectivity index (χ2v) is 3.69. The highest BCUT2D eigenvalue weighted by Gasteiger charge is 2.14. The second-order valence-electron chi connectivity index (χ2n) is 3.69. The van der Waals surface area contributed by atoms with Gasteiger partial charge in [-0.15, -0.1) is 0 Å². The molecule has 78 valence electrons. The van der Waals surface area contributed by atoms with Crippen LogP contribution in [0.2, 0.25) is 0 Å². The molecule has 0 fully saturated rings. The van der Waals surface area contributed by atoms with Gasteiger partial charge in [-0.2, -0.15) is 0 Å². The van der Waals surface area contributed by atoms with Gasteiger partial charge in [0.25, 0.3) is 0 Å². The average Bonchev–Trinajstić information content (AvgIpc) is 2.16. The summed E-state index contributed by atoms with van der Waals surface area (Å²) in [6.45, 7) is 4.11. The molecule has 1 atom stereocenters. The Kier molecular flexibility index (Phi) is 3.49. The van der Waals surface area contributed by atoms with E-state index >= 15 is 0 Å². The first-order valence-corrected chi connectivity index (χ1v) is 4.77. The van der Waals surface area contributed by atoms with E-state index in [1.165, 1.54) is 0 Å². The average molecular weight is 195 g/mol. The Morgan fingerprint density at radius 1 is 1.29 bits per heavy atom. The van der Waals surface area contributed by atoms with Crippen LogP contribution in [0.3, 0.4) is 0 Å². The van der Waals surface area contributed by atoms with Crippen molar-refractivity contribution in [3.63, 3.8) is 0 Å². The van der Waals surface area contributed by atoms with Gasteiger partial charge in [-0.05, 0) is 11.5 Å². The molecule has 0 aromatic heterocycles. The summed E-state index contributed by atoms with van der Waals surface area (Å²) < 4.78 is 0. The van der Waals surface area contributed by atoms with E-state index < -0.39 is 6.10 Å². The summed E-state index contributed by atoms with van der Waals surface area (Å²) in [6.07, 6.45) is -0.784. The van der Waals surface area contributed by atoms with Crippen LogP contribution in [0, 0.1) is 0 Å². The van der Waals surface area contributed by atoms with Crippen LogP contribution < -0.4 is 5.73 Å². The summed E-state index contributed by atoms with van der Waals surface area (Å²) >= 11 is 0. The Bertz CT molecular complexity index is 310. The first-order chi connectivity index (χ1) is 6.57. The number of rotatable bonds is 3. The van der Waals surface area contributed by atoms with Crippen LogP contribution in [0.15, 0.2) is 18.2 Å². The fourth-order valence-electron chi connectivity index (χ4n) is 1.44. The predicted octanol–water partition coefficient (Wildman–Crippen LogP) is 1.51. The first-order valence-electron chi connectivity index (χ1n) is 4.77. The number of aliphatic hydroxyl groups is 1. The molecule has 0 aliphatic heterocycles. The molecule has 14 heavy (non-hydrogen) atoms. The lowest BCUT2D eigenvalue weighted by Gasteiger charge is -2.15. The molecule has 1 rings (SSSR count). The van der Waals surface area contributed by atoms with Crippen LogP contribution in [0.25, 0.3) is 0 Å². The van der Waals surface area contributed by atoms with Gasteiger partial charge in [0, 0.05) is 12.1 Å². The smallest absolute Gasteiger partial charge is 0.124 e. The molecule has 0 spiro atoms. The third-order valence-electron chi connectivity index (χ3n) is 2.30. The van der Waals surface area contributed by atoms with Crippen molar-refractivity contribution in [2.24, 2.45) is 5.73 Å². The number of aliphatic hydroxyl groups excluding tert-OH is 1. The van der Waals surface area contributed by atoms with Crippen molar-refractivity contribution in [3.05, 3.63) is 29.3 Å². The molecule has 1 unspecified atom stereocenters. The lowest BCUT2D eigenvalue weighted by atomic mass is 9.97. The molecule has 0 radical (unpaired) electrons. The Morgan fingerprint density at radius 2 is 1.86 bits per heavy atom. The summed E-state index contributed by atoms with van der Waals surface area (Å²) in [5.74, 6) is 0.403. The van der Waals surface area contributed by atoms with Crippen molar-refractivity contribution in [1.29, 1.82) is 0 Å². The molecule has 3 heteroatoms. The minimum atomic E-state index is -0.784. The lowest BCUT2D eigenvalue weighted by Crippen LogP contribution is -2.12. The van der Waals surface area contributed by atoms with Gasteiger partial charge in [-0.1, -0.05) is 32.0 Å². The van der Waals surface area contributed by atoms with Gasteiger partial charge < -0.3 is 15.9 Å². The summed E-state index contributed by atoms with van der Waals surface area (Å²) in [5.41, 5.74) is 6.69. The molecule has 3 nitrogen and oxygen atoms in total. The Balaban J connectivity index is 3.13. The molecule has 0 saturated heterocycles. The van der Waals surface area contributed by atoms with Gasteiger partial charge in [0.15, 0.2) is 0 Å². The minimum Gasteiger partial charge on any atom is -0.507 e. The number of hydrogen-bond acceptors (Lipinski definition) is 3. The SMILES string of the molecule is CC(C)c1cccc(C(O)CN)c1O. The number of benzene rings is 1. The third-order valence-corrected chi connectivity index (χ3v) is 2.30. The van der Waals surface area contributed by atoms with Gasteiger partial charge in [-0.3, -0.25) is 0 Å². The normalized spacial score (nSPS) is 13.2. The maximum Gasteiger partial charge on any atom is 0.124 e. The van der Waals surface area contributed by atoms with Crippen molar-refractivity contribution in [2.45, 2.75) is 25.9 Å². The highest BCUT2D eigenvalue weighted by Crippen LogP contribution is 2.31. The number of para-hydroxylation sites is 1. The van der Waals surface area contributed by atoms with Crippen molar-refractivity contribution >= 4 is 0 Å². The van der Waals surface area contributed by atoms with Crippen molar-refractivity contribution in [2.75, 3.05) is 6.54 Å². The van der Waals surface area contributed by atoms with E-state index in [0.717, 1.165) is 5.56 Å². The lowest BCUT2D eigenvalue weighted by molar-refractivity contribution is 0.182. The van der Waals surface area contributed by atoms with E-state index in [0.29, 0.717) is 5.56 Å². The zero-order valence-electron chi connectivity index (χ0n) is 8.57. The van der Waals surface area contributed by atoms with Crippen LogP contribution in [-0.2, 0) is 0 Å². The van der Waals surface area contributed by atoms with Crippen LogP contribution in [-0.4, -0.2) is 16.8 Å². The van der Waals surface area contributed by atoms with Crippen LogP contribution in [0.5, 0.6) is 5.75 Å². The Morgan fingerprint density at radius 3 is 2.36 bits per heavy atom. The molecule has 1 aromatic carbocycles. The van der Waals surface area contributed by atoms with E-state index in [4.69, 9.17) is 5.73 Å². The van der Waals surface area contributed by atoms with Gasteiger partial charge in [-0.25, -0.2) is 0 Å². The standard InChI is InChI=1S/C11H17NO2/c1-7(2)8-4-3-5-9(11(8)14)10(13)6-12/h3-5,7,10,13-14H,6,12H2,1-2H3. The van der Waals surface area contributed by atoms with E-state index in [2.05, 4.69) is 0 Å². The van der Waals surface area contributed by atoms with Crippen molar-refractivity contribution in [3.8, 4) is 5.75 Å². The number of aromatic hydroxyl groups is 1. The minimum absolute atomic E-state index is 0.120. The van der Waals surface area contributed by atoms with E-state index in [9.17, 15) is 10.2 Å². The third kappa shape index (κ3) is 2.05. The summed E-state index contributed by atoms with van der Waals surface area (Å²) in [7, 11) is 0. The molecule has 0 aliphatic carbocycles. The number of phenolic OH excluding ortho intramolecular Hbond substituents is 1. The van der Waals surface area contributed by atoms with Gasteiger partial charge in [0.1, 0.15) is 5.75 Å². The zero-order chi connectivity index (χ0) is 10.7. The highest BCUT2D eigenvalue weighted by molar-refractivity contribution is 5.43. The quantitative estimate of drug-likeness (QED) is 0.684. The topological polar surface area (TPSA) is 66.5 Å². The summed E-state index contributed by atoms with van der Waals surface area (Å²) in [4.78, 5) is 0. The molecule has 0 saturated carbocycles. The van der Waals surface area contributed by atoms with Gasteiger partial charge >= 0.3 is 0 Å². The number of nitrogens with two attached hydrogens (primary N) is 1. The fraction of sp³-hybridized carbons (Fsp3) is 0.455. The van der Waals surface area contributed by atoms with Crippen LogP contribution >= 0.6 is 0 Å². The first kappa shape index (κ1) is 11.0. The number of phenols is 1. The molecular weight excluding hydrogens is 178 g/mol. The molecule has 0 heterocycles. The Hall–Kier alpha value is -1.06. The van der Waals surface area contributed by atoms with Gasteiger partial charge in [0.05, 0.1) is 6.10 Å². The molecule has 0 amide bonds. The monoisotopic (exact) mass is 195 g/mol. The molecule has 0 bridgehead atoms. The Labute approximate surface area is 84.2 Å². The summed E-state index contributed by atoms with van der Waals surface area (Å²) in [5, 5.41) is 19.4. The number of hydrogen-bond donors (Lipinski definition) is 3. The maximum absolute atomic E-state index is 9.85. The largest absolute Gasteiger partial charge is 0.507 e. The van der Waals surface area contributed by atoms with Crippen molar-refractivity contribution < 1.29 is 10.2 Å². The van der Waals surface area contributed by atoms with Crippen molar-refractivity contribution in [1.82, 2.24) is 0 Å². The van der Waals surface area contributed by atoms with Crippen LogP contribution in [0.1, 0.15) is 37.0 Å². The van der Waals surface area contributed by atoms with E-state index in [1.807, 2.05) is 26.0 Å². The van der Waals surface area contributed by atoms with E-state index in [-0.39, 0.29) is 18.2 Å². The molecule has 4 N–H and O–H groups in total. The predicted molar refractivity (Wildman–Crippen MR) is 56.2 cm³/mol. The highest BCUT2D eigenvalue weighted by atomic mass is 16.3. The molecular formula is C11H17NO2. The van der Waals surface area contributed by atoms with E-state index in [1.54, 1.807) is 6.07 Å². The fourth-order valence-corrected chi connectivity index (χ4v) is 1.44. The van der Waals surface area contributed by atoms with Crippen LogP contribution in [0.4, 0.5) is 0 Å². The maximum atomic E-state index is 9.85. The molecule has 1 aromatic rings. The van der Waals surface area contributed by atoms with Gasteiger partial charge in [0.2, 0.25) is 0 Å². The zero-order valence-corrected chi connectivity index (χ0v) is 8.57. The molecule has 0 aliphatic rings.